The summed E-state index contributed by atoms with van der Waals surface area (Å²) < 4.78 is 30.1. The summed E-state index contributed by atoms with van der Waals surface area (Å²) in [5.41, 5.74) is 3.60. The molecule has 1 heterocycles. The standard InChI is InChI=1S/C18H17N3O5S/c1-11-14-5-3-4-6-15(14)26-16(11)18(23)20-21-27(24,25)13-9-7-12(8-10-13)17(22)19-2/h3-10,21H,1-2H3,(H,19,22)(H,20,23). The number of para-hydroxylation sites is 1. The van der Waals surface area contributed by atoms with Gasteiger partial charge in [0.25, 0.3) is 15.9 Å². The van der Waals surface area contributed by atoms with Crippen LogP contribution in [0.2, 0.25) is 0 Å². The molecule has 0 aliphatic carbocycles. The predicted octanol–water partition coefficient (Wildman–Crippen LogP) is 1.72. The Morgan fingerprint density at radius 3 is 2.26 bits per heavy atom. The van der Waals surface area contributed by atoms with Gasteiger partial charge in [0.2, 0.25) is 0 Å². The van der Waals surface area contributed by atoms with Crippen LogP contribution in [0.15, 0.2) is 57.8 Å². The van der Waals surface area contributed by atoms with Crippen LogP contribution in [-0.2, 0) is 10.0 Å². The van der Waals surface area contributed by atoms with Crippen LogP contribution < -0.4 is 15.6 Å². The zero-order valence-electron chi connectivity index (χ0n) is 14.6. The number of aryl methyl sites for hydroxylation is 1. The molecule has 3 N–H and O–H groups in total. The van der Waals surface area contributed by atoms with Crippen molar-refractivity contribution in [1.82, 2.24) is 15.6 Å². The molecule has 0 unspecified atom stereocenters. The van der Waals surface area contributed by atoms with Crippen molar-refractivity contribution in [3.63, 3.8) is 0 Å². The minimum atomic E-state index is -4.01. The highest BCUT2D eigenvalue weighted by molar-refractivity contribution is 7.89. The fourth-order valence-corrected chi connectivity index (χ4v) is 3.39. The number of hydrazine groups is 1. The summed E-state index contributed by atoms with van der Waals surface area (Å²) >= 11 is 0. The van der Waals surface area contributed by atoms with Crippen LogP contribution in [0.4, 0.5) is 0 Å². The Morgan fingerprint density at radius 1 is 0.963 bits per heavy atom. The molecule has 0 aliphatic rings. The second-order valence-corrected chi connectivity index (χ2v) is 7.40. The van der Waals surface area contributed by atoms with E-state index in [1.54, 1.807) is 19.1 Å². The van der Waals surface area contributed by atoms with Gasteiger partial charge in [-0.15, -0.1) is 4.83 Å². The smallest absolute Gasteiger partial charge is 0.302 e. The normalized spacial score (nSPS) is 11.3. The Bertz CT molecular complexity index is 1120. The summed E-state index contributed by atoms with van der Waals surface area (Å²) in [6.45, 7) is 1.72. The van der Waals surface area contributed by atoms with Crippen LogP contribution in [0.25, 0.3) is 11.0 Å². The number of rotatable bonds is 5. The van der Waals surface area contributed by atoms with E-state index in [9.17, 15) is 18.0 Å². The lowest BCUT2D eigenvalue weighted by atomic mass is 10.1. The number of furan rings is 1. The summed E-state index contributed by atoms with van der Waals surface area (Å²) in [6.07, 6.45) is 0. The molecule has 2 aromatic carbocycles. The first-order valence-electron chi connectivity index (χ1n) is 7.96. The van der Waals surface area contributed by atoms with Crippen LogP contribution >= 0.6 is 0 Å². The lowest BCUT2D eigenvalue weighted by molar-refractivity contribution is 0.0917. The molecule has 9 heteroatoms. The quantitative estimate of drug-likeness (QED) is 0.576. The van der Waals surface area contributed by atoms with Crippen molar-refractivity contribution >= 4 is 32.8 Å². The molecule has 0 aliphatic heterocycles. The molecule has 8 nitrogen and oxygen atoms in total. The van der Waals surface area contributed by atoms with E-state index >= 15 is 0 Å². The number of hydrogen-bond donors (Lipinski definition) is 3. The Hall–Kier alpha value is -3.17. The molecule has 1 aromatic heterocycles. The molecule has 27 heavy (non-hydrogen) atoms. The van der Waals surface area contributed by atoms with E-state index in [0.717, 1.165) is 5.39 Å². The molecule has 0 fully saturated rings. The van der Waals surface area contributed by atoms with Gasteiger partial charge in [0, 0.05) is 23.6 Å². The predicted molar refractivity (Wildman–Crippen MR) is 98.6 cm³/mol. The maximum Gasteiger partial charge on any atom is 0.302 e. The van der Waals surface area contributed by atoms with Crippen LogP contribution in [0.3, 0.4) is 0 Å². The van der Waals surface area contributed by atoms with Crippen LogP contribution in [0, 0.1) is 6.92 Å². The average Bonchev–Trinajstić information content (AvgIpc) is 3.02. The number of nitrogens with one attached hydrogen (secondary N) is 3. The number of carbonyl (C=O) groups excluding carboxylic acids is 2. The average molecular weight is 387 g/mol. The van der Waals surface area contributed by atoms with Crippen molar-refractivity contribution in [2.45, 2.75) is 11.8 Å². The summed E-state index contributed by atoms with van der Waals surface area (Å²) in [6, 6.07) is 12.4. The molecule has 0 saturated heterocycles. The van der Waals surface area contributed by atoms with Crippen molar-refractivity contribution in [1.29, 1.82) is 0 Å². The Morgan fingerprint density at radius 2 is 1.63 bits per heavy atom. The molecule has 0 saturated carbocycles. The Balaban J connectivity index is 1.75. The highest BCUT2D eigenvalue weighted by atomic mass is 32.2. The highest BCUT2D eigenvalue weighted by Gasteiger charge is 2.20. The molecular formula is C18H17N3O5S. The van der Waals surface area contributed by atoms with Gasteiger partial charge >= 0.3 is 5.91 Å². The fourth-order valence-electron chi connectivity index (χ4n) is 2.55. The summed E-state index contributed by atoms with van der Waals surface area (Å²) in [4.78, 5) is 25.7. The number of amides is 2. The fraction of sp³-hybridized carbons (Fsp3) is 0.111. The third-order valence-electron chi connectivity index (χ3n) is 4.00. The molecular weight excluding hydrogens is 370 g/mol. The van der Waals surface area contributed by atoms with Crippen molar-refractivity contribution in [2.24, 2.45) is 0 Å². The third kappa shape index (κ3) is 3.69. The van der Waals surface area contributed by atoms with Gasteiger partial charge in [-0.2, -0.15) is 0 Å². The van der Waals surface area contributed by atoms with Gasteiger partial charge in [0.05, 0.1) is 4.90 Å². The monoisotopic (exact) mass is 387 g/mol. The van der Waals surface area contributed by atoms with Gasteiger partial charge in [-0.3, -0.25) is 15.0 Å². The van der Waals surface area contributed by atoms with Crippen LogP contribution in [-0.4, -0.2) is 27.3 Å². The van der Waals surface area contributed by atoms with Crippen LogP contribution in [0.5, 0.6) is 0 Å². The number of benzene rings is 2. The summed E-state index contributed by atoms with van der Waals surface area (Å²) in [7, 11) is -2.53. The number of sulfonamides is 1. The van der Waals surface area contributed by atoms with Crippen LogP contribution in [0.1, 0.15) is 26.5 Å². The van der Waals surface area contributed by atoms with E-state index in [4.69, 9.17) is 4.42 Å². The van der Waals surface area contributed by atoms with Gasteiger partial charge in [-0.05, 0) is 37.3 Å². The SMILES string of the molecule is CNC(=O)c1ccc(S(=O)(=O)NNC(=O)c2oc3ccccc3c2C)cc1. The molecule has 0 bridgehead atoms. The van der Waals surface area contributed by atoms with Crippen molar-refractivity contribution < 1.29 is 22.4 Å². The molecule has 140 valence electrons. The maximum atomic E-state index is 12.3. The van der Waals surface area contributed by atoms with E-state index in [1.165, 1.54) is 31.3 Å². The van der Waals surface area contributed by atoms with E-state index in [0.29, 0.717) is 16.7 Å². The van der Waals surface area contributed by atoms with Crippen molar-refractivity contribution in [3.05, 3.63) is 65.4 Å². The Labute approximate surface area is 155 Å². The second kappa shape index (κ2) is 7.22. The first-order chi connectivity index (χ1) is 12.8. The second-order valence-electron chi connectivity index (χ2n) is 5.72. The topological polar surface area (TPSA) is 118 Å². The maximum absolute atomic E-state index is 12.3. The van der Waals surface area contributed by atoms with E-state index in [-0.39, 0.29) is 16.6 Å². The van der Waals surface area contributed by atoms with Crippen molar-refractivity contribution in [2.75, 3.05) is 7.05 Å². The molecule has 0 spiro atoms. The zero-order chi connectivity index (χ0) is 19.6. The lowest BCUT2D eigenvalue weighted by Crippen LogP contribution is -2.41. The largest absolute Gasteiger partial charge is 0.451 e. The minimum Gasteiger partial charge on any atom is -0.451 e. The molecule has 0 radical (unpaired) electrons. The van der Waals surface area contributed by atoms with Crippen molar-refractivity contribution in [3.8, 4) is 0 Å². The third-order valence-corrected chi connectivity index (χ3v) is 5.27. The number of carbonyl (C=O) groups is 2. The van der Waals surface area contributed by atoms with E-state index in [2.05, 4.69) is 10.7 Å². The van der Waals surface area contributed by atoms with Gasteiger partial charge in [-0.1, -0.05) is 18.2 Å². The molecule has 3 rings (SSSR count). The van der Waals surface area contributed by atoms with Gasteiger partial charge in [0.15, 0.2) is 5.76 Å². The van der Waals surface area contributed by atoms with Gasteiger partial charge < -0.3 is 9.73 Å². The zero-order valence-corrected chi connectivity index (χ0v) is 15.4. The van der Waals surface area contributed by atoms with E-state index < -0.39 is 15.9 Å². The number of fused-ring (bicyclic) bond motifs is 1. The van der Waals surface area contributed by atoms with E-state index in [1.807, 2.05) is 17.0 Å². The summed E-state index contributed by atoms with van der Waals surface area (Å²) in [5.74, 6) is -1.02. The number of hydrogen-bond acceptors (Lipinski definition) is 5. The highest BCUT2D eigenvalue weighted by Crippen LogP contribution is 2.24. The molecule has 0 atom stereocenters. The lowest BCUT2D eigenvalue weighted by Gasteiger charge is -2.08. The molecule has 2 amide bonds. The molecule has 3 aromatic rings. The van der Waals surface area contributed by atoms with Gasteiger partial charge in [0.1, 0.15) is 5.58 Å². The minimum absolute atomic E-state index is 0.0221. The summed E-state index contributed by atoms with van der Waals surface area (Å²) in [5, 5.41) is 3.22. The first-order valence-corrected chi connectivity index (χ1v) is 9.44. The first kappa shape index (κ1) is 18.6. The van der Waals surface area contributed by atoms with Gasteiger partial charge in [-0.25, -0.2) is 8.42 Å². The Kier molecular flexibility index (Phi) is 4.98.